The second kappa shape index (κ2) is 6.38. The Labute approximate surface area is 114 Å². The van der Waals surface area contributed by atoms with E-state index < -0.39 is 0 Å². The summed E-state index contributed by atoms with van der Waals surface area (Å²) in [6.07, 6.45) is 3.72. The largest absolute Gasteiger partial charge is 0.385 e. The van der Waals surface area contributed by atoms with Crippen LogP contribution in [0.4, 0.5) is 5.69 Å². The molecule has 4 heteroatoms. The van der Waals surface area contributed by atoms with Gasteiger partial charge in [0, 0.05) is 24.6 Å². The van der Waals surface area contributed by atoms with E-state index in [9.17, 15) is 0 Å². The zero-order valence-electron chi connectivity index (χ0n) is 11.6. The van der Waals surface area contributed by atoms with Crippen LogP contribution in [0.3, 0.4) is 0 Å². The average molecular weight is 258 g/mol. The van der Waals surface area contributed by atoms with Crippen LogP contribution in [0.1, 0.15) is 13.8 Å². The molecule has 1 aromatic heterocycles. The van der Waals surface area contributed by atoms with E-state index in [-0.39, 0.29) is 0 Å². The van der Waals surface area contributed by atoms with Crippen molar-refractivity contribution in [2.24, 2.45) is 17.6 Å². The third-order valence-electron chi connectivity index (χ3n) is 3.43. The standard InChI is InChI=1S/C15H22N4/c1-12(2)13(10-16)11-17-14-5-3-6-15(9-14)19-8-4-7-18-19/h3-9,12-13,17H,10-11,16H2,1-2H3. The first kappa shape index (κ1) is 13.6. The van der Waals surface area contributed by atoms with Gasteiger partial charge in [-0.1, -0.05) is 19.9 Å². The summed E-state index contributed by atoms with van der Waals surface area (Å²) in [6, 6.07) is 10.2. The SMILES string of the molecule is CC(C)C(CN)CNc1cccc(-n2cccn2)c1. The maximum absolute atomic E-state index is 5.79. The molecule has 0 saturated heterocycles. The molecule has 1 atom stereocenters. The molecule has 0 radical (unpaired) electrons. The van der Waals surface area contributed by atoms with E-state index >= 15 is 0 Å². The molecule has 0 saturated carbocycles. The van der Waals surface area contributed by atoms with Gasteiger partial charge in [0.15, 0.2) is 0 Å². The van der Waals surface area contributed by atoms with E-state index in [2.05, 4.69) is 36.4 Å². The highest BCUT2D eigenvalue weighted by atomic mass is 15.3. The molecule has 1 aromatic carbocycles. The van der Waals surface area contributed by atoms with Gasteiger partial charge in [-0.15, -0.1) is 0 Å². The summed E-state index contributed by atoms with van der Waals surface area (Å²) in [5, 5.41) is 7.69. The van der Waals surface area contributed by atoms with Crippen LogP contribution in [0.5, 0.6) is 0 Å². The molecule has 1 unspecified atom stereocenters. The third-order valence-corrected chi connectivity index (χ3v) is 3.43. The molecular formula is C15H22N4. The highest BCUT2D eigenvalue weighted by Crippen LogP contribution is 2.16. The Kier molecular flexibility index (Phi) is 4.58. The summed E-state index contributed by atoms with van der Waals surface area (Å²) in [4.78, 5) is 0. The van der Waals surface area contributed by atoms with Gasteiger partial charge in [0.05, 0.1) is 5.69 Å². The topological polar surface area (TPSA) is 55.9 Å². The summed E-state index contributed by atoms with van der Waals surface area (Å²) in [6.45, 7) is 6.03. The maximum Gasteiger partial charge on any atom is 0.0666 e. The summed E-state index contributed by atoms with van der Waals surface area (Å²) in [5.41, 5.74) is 7.95. The van der Waals surface area contributed by atoms with Gasteiger partial charge >= 0.3 is 0 Å². The molecule has 0 spiro atoms. The van der Waals surface area contributed by atoms with Crippen molar-refractivity contribution in [2.75, 3.05) is 18.4 Å². The van der Waals surface area contributed by atoms with Crippen LogP contribution >= 0.6 is 0 Å². The van der Waals surface area contributed by atoms with E-state index in [4.69, 9.17) is 5.73 Å². The molecular weight excluding hydrogens is 236 g/mol. The minimum absolute atomic E-state index is 0.494. The molecule has 0 fully saturated rings. The molecule has 0 bridgehead atoms. The van der Waals surface area contributed by atoms with Crippen LogP contribution < -0.4 is 11.1 Å². The number of hydrogen-bond donors (Lipinski definition) is 2. The van der Waals surface area contributed by atoms with Gasteiger partial charge in [0.1, 0.15) is 0 Å². The number of aromatic nitrogens is 2. The Hall–Kier alpha value is -1.81. The summed E-state index contributed by atoms with van der Waals surface area (Å²) in [5.74, 6) is 1.08. The van der Waals surface area contributed by atoms with E-state index in [1.54, 1.807) is 6.20 Å². The average Bonchev–Trinajstić information content (AvgIpc) is 2.93. The number of nitrogens with one attached hydrogen (secondary N) is 1. The van der Waals surface area contributed by atoms with Crippen LogP contribution in [-0.4, -0.2) is 22.9 Å². The van der Waals surface area contributed by atoms with Gasteiger partial charge in [-0.3, -0.25) is 0 Å². The second-order valence-electron chi connectivity index (χ2n) is 5.12. The van der Waals surface area contributed by atoms with Crippen molar-refractivity contribution >= 4 is 5.69 Å². The molecule has 2 aromatic rings. The highest BCUT2D eigenvalue weighted by molar-refractivity contribution is 5.50. The Balaban J connectivity index is 2.03. The first-order chi connectivity index (χ1) is 9.20. The van der Waals surface area contributed by atoms with E-state index in [0.29, 0.717) is 18.4 Å². The lowest BCUT2D eigenvalue weighted by Crippen LogP contribution is -2.27. The maximum atomic E-state index is 5.79. The molecule has 0 aliphatic heterocycles. The van der Waals surface area contributed by atoms with Gasteiger partial charge in [-0.05, 0) is 42.6 Å². The Morgan fingerprint density at radius 2 is 2.16 bits per heavy atom. The predicted octanol–water partition coefficient (Wildman–Crippen LogP) is 2.52. The fraction of sp³-hybridized carbons (Fsp3) is 0.400. The molecule has 4 nitrogen and oxygen atoms in total. The van der Waals surface area contributed by atoms with Crippen LogP contribution in [0, 0.1) is 11.8 Å². The zero-order valence-corrected chi connectivity index (χ0v) is 11.6. The zero-order chi connectivity index (χ0) is 13.7. The second-order valence-corrected chi connectivity index (χ2v) is 5.12. The van der Waals surface area contributed by atoms with E-state index in [1.807, 2.05) is 29.1 Å². The minimum Gasteiger partial charge on any atom is -0.385 e. The molecule has 19 heavy (non-hydrogen) atoms. The van der Waals surface area contributed by atoms with Gasteiger partial charge < -0.3 is 11.1 Å². The molecule has 1 heterocycles. The van der Waals surface area contributed by atoms with Crippen molar-refractivity contribution in [3.05, 3.63) is 42.7 Å². The first-order valence-corrected chi connectivity index (χ1v) is 6.74. The van der Waals surface area contributed by atoms with Crippen molar-refractivity contribution in [3.8, 4) is 5.69 Å². The molecule has 0 aliphatic carbocycles. The smallest absolute Gasteiger partial charge is 0.0666 e. The molecule has 0 amide bonds. The highest BCUT2D eigenvalue weighted by Gasteiger charge is 2.10. The van der Waals surface area contributed by atoms with Crippen molar-refractivity contribution < 1.29 is 0 Å². The Morgan fingerprint density at radius 3 is 2.79 bits per heavy atom. The van der Waals surface area contributed by atoms with E-state index in [0.717, 1.165) is 17.9 Å². The molecule has 2 rings (SSSR count). The normalized spacial score (nSPS) is 12.6. The Morgan fingerprint density at radius 1 is 1.32 bits per heavy atom. The number of hydrogen-bond acceptors (Lipinski definition) is 3. The molecule has 102 valence electrons. The van der Waals surface area contributed by atoms with Crippen molar-refractivity contribution in [3.63, 3.8) is 0 Å². The number of benzene rings is 1. The van der Waals surface area contributed by atoms with Crippen molar-refractivity contribution in [2.45, 2.75) is 13.8 Å². The van der Waals surface area contributed by atoms with Gasteiger partial charge in [-0.25, -0.2) is 4.68 Å². The number of nitrogens with two attached hydrogens (primary N) is 1. The van der Waals surface area contributed by atoms with Crippen LogP contribution in [0.15, 0.2) is 42.7 Å². The lowest BCUT2D eigenvalue weighted by molar-refractivity contribution is 0.413. The fourth-order valence-corrected chi connectivity index (χ4v) is 2.02. The van der Waals surface area contributed by atoms with Crippen molar-refractivity contribution in [1.29, 1.82) is 0 Å². The quantitative estimate of drug-likeness (QED) is 0.837. The van der Waals surface area contributed by atoms with Gasteiger partial charge in [0.2, 0.25) is 0 Å². The van der Waals surface area contributed by atoms with Gasteiger partial charge in [-0.2, -0.15) is 5.10 Å². The predicted molar refractivity (Wildman–Crippen MR) is 79.4 cm³/mol. The lowest BCUT2D eigenvalue weighted by atomic mass is 9.96. The molecule has 0 aliphatic rings. The summed E-state index contributed by atoms with van der Waals surface area (Å²) >= 11 is 0. The number of nitrogens with zero attached hydrogens (tertiary/aromatic N) is 2. The van der Waals surface area contributed by atoms with E-state index in [1.165, 1.54) is 0 Å². The first-order valence-electron chi connectivity index (χ1n) is 6.74. The summed E-state index contributed by atoms with van der Waals surface area (Å²) < 4.78 is 1.86. The van der Waals surface area contributed by atoms with Crippen LogP contribution in [-0.2, 0) is 0 Å². The fourth-order valence-electron chi connectivity index (χ4n) is 2.02. The van der Waals surface area contributed by atoms with Crippen LogP contribution in [0.2, 0.25) is 0 Å². The minimum atomic E-state index is 0.494. The molecule has 3 N–H and O–H groups in total. The van der Waals surface area contributed by atoms with Crippen LogP contribution in [0.25, 0.3) is 5.69 Å². The van der Waals surface area contributed by atoms with Gasteiger partial charge in [0.25, 0.3) is 0 Å². The Bertz CT molecular complexity index is 491. The third kappa shape index (κ3) is 3.58. The summed E-state index contributed by atoms with van der Waals surface area (Å²) in [7, 11) is 0. The lowest BCUT2D eigenvalue weighted by Gasteiger charge is -2.20. The number of rotatable bonds is 6. The number of anilines is 1. The van der Waals surface area contributed by atoms with Crippen molar-refractivity contribution in [1.82, 2.24) is 9.78 Å². The monoisotopic (exact) mass is 258 g/mol.